The van der Waals surface area contributed by atoms with Gasteiger partial charge in [0.25, 0.3) is 5.91 Å². The maximum atomic E-state index is 13.1. The lowest BCUT2D eigenvalue weighted by atomic mass is 10.2. The second-order valence-corrected chi connectivity index (χ2v) is 5.40. The fourth-order valence-electron chi connectivity index (χ4n) is 2.25. The maximum Gasteiger partial charge on any atom is 0.323 e. The molecule has 0 aromatic heterocycles. The molecule has 2 atom stereocenters. The molecule has 2 rings (SSSR count). The second-order valence-electron chi connectivity index (χ2n) is 5.40. The average molecular weight is 324 g/mol. The van der Waals surface area contributed by atoms with E-state index >= 15 is 0 Å². The van der Waals surface area contributed by atoms with E-state index in [0.29, 0.717) is 32.0 Å². The molecule has 1 saturated heterocycles. The van der Waals surface area contributed by atoms with Gasteiger partial charge in [-0.2, -0.15) is 0 Å². The molecule has 7 heteroatoms. The monoisotopic (exact) mass is 324 g/mol. The van der Waals surface area contributed by atoms with E-state index in [2.05, 4.69) is 5.32 Å². The molecular weight excluding hydrogens is 303 g/mol. The minimum absolute atomic E-state index is 0.319. The first-order valence-corrected chi connectivity index (χ1v) is 7.56. The molecule has 0 radical (unpaired) electrons. The maximum absolute atomic E-state index is 13.1. The first-order chi connectivity index (χ1) is 11.0. The lowest BCUT2D eigenvalue weighted by Gasteiger charge is -2.31. The highest BCUT2D eigenvalue weighted by Gasteiger charge is 2.27. The van der Waals surface area contributed by atoms with Gasteiger partial charge in [0.05, 0.1) is 13.2 Å². The summed E-state index contributed by atoms with van der Waals surface area (Å²) in [6, 6.07) is 5.09. The second kappa shape index (κ2) is 8.03. The molecule has 23 heavy (non-hydrogen) atoms. The highest BCUT2D eigenvalue weighted by molar-refractivity contribution is 5.95. The predicted molar refractivity (Wildman–Crippen MR) is 82.4 cm³/mol. The number of benzene rings is 1. The van der Waals surface area contributed by atoms with Crippen LogP contribution in [0.2, 0.25) is 0 Å². The molecule has 1 amide bonds. The molecule has 1 aliphatic heterocycles. The first-order valence-electron chi connectivity index (χ1n) is 7.56. The number of ether oxygens (including phenoxy) is 2. The van der Waals surface area contributed by atoms with Gasteiger partial charge in [0.15, 0.2) is 6.10 Å². The third kappa shape index (κ3) is 5.01. The Morgan fingerprint density at radius 2 is 2.00 bits per heavy atom. The topological polar surface area (TPSA) is 67.9 Å². The highest BCUT2D eigenvalue weighted by atomic mass is 19.1. The smallest absolute Gasteiger partial charge is 0.323 e. The molecule has 1 aliphatic rings. The third-order valence-corrected chi connectivity index (χ3v) is 3.69. The van der Waals surface area contributed by atoms with E-state index in [1.54, 1.807) is 13.0 Å². The minimum Gasteiger partial charge on any atom is -0.451 e. The first kappa shape index (κ1) is 17.4. The van der Waals surface area contributed by atoms with Gasteiger partial charge in [-0.05, 0) is 32.0 Å². The number of nitrogens with one attached hydrogen (secondary N) is 1. The lowest BCUT2D eigenvalue weighted by molar-refractivity contribution is -0.159. The molecule has 1 aromatic rings. The number of carbonyl (C=O) groups excluding carboxylic acids is 2. The molecule has 1 heterocycles. The zero-order valence-electron chi connectivity index (χ0n) is 13.3. The van der Waals surface area contributed by atoms with Crippen molar-refractivity contribution < 1.29 is 23.5 Å². The summed E-state index contributed by atoms with van der Waals surface area (Å²) in [6.45, 7) is 5.68. The van der Waals surface area contributed by atoms with Crippen LogP contribution in [0.1, 0.15) is 13.8 Å². The van der Waals surface area contributed by atoms with Crippen LogP contribution in [0.25, 0.3) is 0 Å². The zero-order valence-corrected chi connectivity index (χ0v) is 13.3. The number of nitrogens with zero attached hydrogens (tertiary/aromatic N) is 1. The molecule has 1 fully saturated rings. The Balaban J connectivity index is 1.85. The van der Waals surface area contributed by atoms with Gasteiger partial charge in [-0.15, -0.1) is 0 Å². The van der Waals surface area contributed by atoms with E-state index in [-0.39, 0.29) is 0 Å². The molecule has 6 nitrogen and oxygen atoms in total. The van der Waals surface area contributed by atoms with Crippen molar-refractivity contribution >= 4 is 17.6 Å². The van der Waals surface area contributed by atoms with Gasteiger partial charge in [0.2, 0.25) is 0 Å². The SMILES string of the molecule is CC(OC(=O)C(C)N1CCOCC1)C(=O)Nc1cccc(F)c1. The standard InChI is InChI=1S/C16H21FN2O4/c1-11(19-6-8-22-9-7-19)16(21)23-12(2)15(20)18-14-5-3-4-13(17)10-14/h3-5,10-12H,6-9H2,1-2H3,(H,18,20). The Labute approximate surface area is 134 Å². The van der Waals surface area contributed by atoms with Gasteiger partial charge in [0.1, 0.15) is 11.9 Å². The molecule has 1 aromatic carbocycles. The van der Waals surface area contributed by atoms with E-state index < -0.39 is 29.8 Å². The Kier molecular flexibility index (Phi) is 6.06. The van der Waals surface area contributed by atoms with Crippen LogP contribution < -0.4 is 5.32 Å². The van der Waals surface area contributed by atoms with Crippen LogP contribution in [0.15, 0.2) is 24.3 Å². The van der Waals surface area contributed by atoms with Crippen molar-refractivity contribution in [2.45, 2.75) is 26.0 Å². The summed E-state index contributed by atoms with van der Waals surface area (Å²) in [5, 5.41) is 2.52. The Hall–Kier alpha value is -1.99. The third-order valence-electron chi connectivity index (χ3n) is 3.69. The number of halogens is 1. The normalized spacial score (nSPS) is 18.0. The average Bonchev–Trinajstić information content (AvgIpc) is 2.54. The quantitative estimate of drug-likeness (QED) is 0.830. The number of morpholine rings is 1. The van der Waals surface area contributed by atoms with Gasteiger partial charge >= 0.3 is 5.97 Å². The van der Waals surface area contributed by atoms with Gasteiger partial charge in [-0.25, -0.2) is 4.39 Å². The number of hydrogen-bond donors (Lipinski definition) is 1. The fraction of sp³-hybridized carbons (Fsp3) is 0.500. The number of anilines is 1. The van der Waals surface area contributed by atoms with Gasteiger partial charge in [-0.3, -0.25) is 14.5 Å². The van der Waals surface area contributed by atoms with Crippen molar-refractivity contribution in [3.63, 3.8) is 0 Å². The van der Waals surface area contributed by atoms with E-state index in [1.807, 2.05) is 4.90 Å². The molecule has 0 spiro atoms. The molecule has 2 unspecified atom stereocenters. The summed E-state index contributed by atoms with van der Waals surface area (Å²) >= 11 is 0. The van der Waals surface area contributed by atoms with Gasteiger partial charge in [-0.1, -0.05) is 6.07 Å². The van der Waals surface area contributed by atoms with E-state index in [4.69, 9.17) is 9.47 Å². The van der Waals surface area contributed by atoms with Crippen molar-refractivity contribution in [1.29, 1.82) is 0 Å². The summed E-state index contributed by atoms with van der Waals surface area (Å²) in [7, 11) is 0. The zero-order chi connectivity index (χ0) is 16.8. The van der Waals surface area contributed by atoms with Crippen LogP contribution in [-0.2, 0) is 19.1 Å². The Morgan fingerprint density at radius 1 is 1.30 bits per heavy atom. The van der Waals surface area contributed by atoms with Crippen molar-refractivity contribution in [3.8, 4) is 0 Å². The fourth-order valence-corrected chi connectivity index (χ4v) is 2.25. The van der Waals surface area contributed by atoms with Crippen LogP contribution in [0.3, 0.4) is 0 Å². The largest absolute Gasteiger partial charge is 0.451 e. The molecule has 1 N–H and O–H groups in total. The lowest BCUT2D eigenvalue weighted by Crippen LogP contribution is -2.47. The molecule has 0 aliphatic carbocycles. The Morgan fingerprint density at radius 3 is 2.65 bits per heavy atom. The van der Waals surface area contributed by atoms with Crippen LogP contribution in [0.5, 0.6) is 0 Å². The van der Waals surface area contributed by atoms with Gasteiger partial charge in [0, 0.05) is 18.8 Å². The van der Waals surface area contributed by atoms with E-state index in [0.717, 1.165) is 0 Å². The van der Waals surface area contributed by atoms with Crippen LogP contribution >= 0.6 is 0 Å². The number of rotatable bonds is 5. The number of esters is 1. The minimum atomic E-state index is -0.964. The predicted octanol–water partition coefficient (Wildman–Crippen LogP) is 1.42. The summed E-state index contributed by atoms with van der Waals surface area (Å²) in [4.78, 5) is 26.1. The summed E-state index contributed by atoms with van der Waals surface area (Å²) in [6.07, 6.45) is -0.964. The number of amides is 1. The Bertz CT molecular complexity index is 561. The molecular formula is C16H21FN2O4. The summed E-state index contributed by atoms with van der Waals surface area (Å²) < 4.78 is 23.5. The van der Waals surface area contributed by atoms with Crippen molar-refractivity contribution in [1.82, 2.24) is 4.90 Å². The molecule has 126 valence electrons. The van der Waals surface area contributed by atoms with E-state index in [9.17, 15) is 14.0 Å². The molecule has 0 saturated carbocycles. The van der Waals surface area contributed by atoms with Crippen molar-refractivity contribution in [2.75, 3.05) is 31.6 Å². The van der Waals surface area contributed by atoms with Crippen molar-refractivity contribution in [2.24, 2.45) is 0 Å². The summed E-state index contributed by atoms with van der Waals surface area (Å²) in [5.41, 5.74) is 0.319. The van der Waals surface area contributed by atoms with Crippen LogP contribution in [-0.4, -0.2) is 55.2 Å². The van der Waals surface area contributed by atoms with Crippen molar-refractivity contribution in [3.05, 3.63) is 30.1 Å². The van der Waals surface area contributed by atoms with Gasteiger partial charge < -0.3 is 14.8 Å². The highest BCUT2D eigenvalue weighted by Crippen LogP contribution is 2.11. The summed E-state index contributed by atoms with van der Waals surface area (Å²) in [5.74, 6) is -1.42. The molecule has 0 bridgehead atoms. The number of hydrogen-bond acceptors (Lipinski definition) is 5. The van der Waals surface area contributed by atoms with E-state index in [1.165, 1.54) is 25.1 Å². The number of carbonyl (C=O) groups is 2. The van der Waals surface area contributed by atoms with Crippen LogP contribution in [0, 0.1) is 5.82 Å². The van der Waals surface area contributed by atoms with Crippen LogP contribution in [0.4, 0.5) is 10.1 Å².